The molecule has 1 aliphatic rings. The van der Waals surface area contributed by atoms with Crippen LogP contribution in [0, 0.1) is 12.8 Å². The van der Waals surface area contributed by atoms with Gasteiger partial charge >= 0.3 is 0 Å². The molecule has 1 fully saturated rings. The molecule has 1 N–H and O–H groups in total. The smallest absolute Gasteiger partial charge is 0.220 e. The Morgan fingerprint density at radius 1 is 1.33 bits per heavy atom. The first kappa shape index (κ1) is 14.1. The van der Waals surface area contributed by atoms with Crippen molar-refractivity contribution in [3.63, 3.8) is 0 Å². The van der Waals surface area contributed by atoms with Crippen LogP contribution in [0.4, 0.5) is 0 Å². The van der Waals surface area contributed by atoms with Crippen LogP contribution < -0.4 is 5.32 Å². The maximum atomic E-state index is 12.0. The van der Waals surface area contributed by atoms with Crippen molar-refractivity contribution in [2.45, 2.75) is 52.0 Å². The third kappa shape index (κ3) is 3.43. The van der Waals surface area contributed by atoms with Crippen molar-refractivity contribution < 1.29 is 4.79 Å². The molecule has 1 amide bonds. The molecule has 4 heteroatoms. The summed E-state index contributed by atoms with van der Waals surface area (Å²) in [6.07, 6.45) is 8.99. The normalized spacial score (nSPS) is 16.2. The fraction of sp³-hybridized carbons (Fsp3) is 0.529. The van der Waals surface area contributed by atoms with E-state index in [-0.39, 0.29) is 5.91 Å². The number of amides is 1. The van der Waals surface area contributed by atoms with Crippen molar-refractivity contribution >= 4 is 11.6 Å². The second-order valence-electron chi connectivity index (χ2n) is 6.11. The number of nitrogens with one attached hydrogen (secondary N) is 1. The zero-order chi connectivity index (χ0) is 14.7. The van der Waals surface area contributed by atoms with Gasteiger partial charge in [0.25, 0.3) is 0 Å². The van der Waals surface area contributed by atoms with E-state index in [1.807, 2.05) is 18.3 Å². The number of carbonyl (C=O) groups excluding carboxylic acids is 1. The van der Waals surface area contributed by atoms with Gasteiger partial charge in [0, 0.05) is 18.3 Å². The number of pyridine rings is 1. The van der Waals surface area contributed by atoms with Crippen molar-refractivity contribution in [1.82, 2.24) is 14.7 Å². The summed E-state index contributed by atoms with van der Waals surface area (Å²) >= 11 is 0. The molecule has 0 radical (unpaired) electrons. The number of fused-ring (bicyclic) bond motifs is 1. The first-order valence-electron chi connectivity index (χ1n) is 7.92. The van der Waals surface area contributed by atoms with Crippen LogP contribution >= 0.6 is 0 Å². The Labute approximate surface area is 125 Å². The average molecular weight is 285 g/mol. The monoisotopic (exact) mass is 285 g/mol. The Morgan fingerprint density at radius 2 is 2.14 bits per heavy atom. The number of nitrogens with zero attached hydrogens (tertiary/aromatic N) is 2. The molecule has 2 heterocycles. The third-order valence-corrected chi connectivity index (χ3v) is 4.41. The maximum absolute atomic E-state index is 12.0. The van der Waals surface area contributed by atoms with E-state index in [9.17, 15) is 4.79 Å². The Kier molecular flexibility index (Phi) is 4.23. The average Bonchev–Trinajstić information content (AvgIpc) is 2.91. The zero-order valence-corrected chi connectivity index (χ0v) is 12.6. The number of rotatable bonds is 4. The number of hydrogen-bond acceptors (Lipinski definition) is 2. The maximum Gasteiger partial charge on any atom is 0.220 e. The van der Waals surface area contributed by atoms with Crippen LogP contribution in [-0.4, -0.2) is 15.3 Å². The first-order chi connectivity index (χ1) is 10.2. The molecule has 0 aromatic carbocycles. The summed E-state index contributed by atoms with van der Waals surface area (Å²) in [4.78, 5) is 16.6. The molecule has 1 aliphatic carbocycles. The quantitative estimate of drug-likeness (QED) is 0.937. The molecule has 0 bridgehead atoms. The number of imidazole rings is 1. The van der Waals surface area contributed by atoms with E-state index < -0.39 is 0 Å². The molecule has 4 nitrogen and oxygen atoms in total. The van der Waals surface area contributed by atoms with Gasteiger partial charge in [0.15, 0.2) is 0 Å². The van der Waals surface area contributed by atoms with E-state index >= 15 is 0 Å². The molecule has 2 aromatic heterocycles. The van der Waals surface area contributed by atoms with Gasteiger partial charge in [0.05, 0.1) is 12.2 Å². The van der Waals surface area contributed by atoms with Gasteiger partial charge in [-0.3, -0.25) is 4.79 Å². The van der Waals surface area contributed by atoms with Crippen LogP contribution in [0.3, 0.4) is 0 Å². The number of carbonyl (C=O) groups is 1. The summed E-state index contributed by atoms with van der Waals surface area (Å²) in [5, 5.41) is 3.01. The SMILES string of the molecule is Cc1cccc2nc(CNC(=O)CC3CCCCC3)cn12. The number of aromatic nitrogens is 2. The molecule has 1 saturated carbocycles. The van der Waals surface area contributed by atoms with E-state index in [1.165, 1.54) is 32.1 Å². The molecule has 0 atom stereocenters. The lowest BCUT2D eigenvalue weighted by Crippen LogP contribution is -2.26. The summed E-state index contributed by atoms with van der Waals surface area (Å²) < 4.78 is 2.06. The van der Waals surface area contributed by atoms with E-state index in [0.29, 0.717) is 18.9 Å². The third-order valence-electron chi connectivity index (χ3n) is 4.41. The van der Waals surface area contributed by atoms with Crippen molar-refractivity contribution in [3.05, 3.63) is 35.8 Å². The second kappa shape index (κ2) is 6.29. The van der Waals surface area contributed by atoms with Gasteiger partial charge in [-0.25, -0.2) is 4.98 Å². The summed E-state index contributed by atoms with van der Waals surface area (Å²) in [6.45, 7) is 2.58. The van der Waals surface area contributed by atoms with Crippen molar-refractivity contribution in [1.29, 1.82) is 0 Å². The molecule has 0 saturated heterocycles. The number of aryl methyl sites for hydroxylation is 1. The van der Waals surface area contributed by atoms with Crippen molar-refractivity contribution in [2.24, 2.45) is 5.92 Å². The second-order valence-corrected chi connectivity index (χ2v) is 6.11. The van der Waals surface area contributed by atoms with Crippen LogP contribution in [-0.2, 0) is 11.3 Å². The van der Waals surface area contributed by atoms with Gasteiger partial charge in [-0.15, -0.1) is 0 Å². The lowest BCUT2D eigenvalue weighted by Gasteiger charge is -2.20. The van der Waals surface area contributed by atoms with Gasteiger partial charge in [-0.1, -0.05) is 25.3 Å². The van der Waals surface area contributed by atoms with E-state index in [4.69, 9.17) is 0 Å². The predicted molar refractivity (Wildman–Crippen MR) is 83.0 cm³/mol. The Hall–Kier alpha value is -1.84. The highest BCUT2D eigenvalue weighted by Crippen LogP contribution is 2.26. The Morgan fingerprint density at radius 3 is 2.90 bits per heavy atom. The van der Waals surface area contributed by atoms with Gasteiger partial charge in [-0.05, 0) is 37.8 Å². The van der Waals surface area contributed by atoms with Gasteiger partial charge < -0.3 is 9.72 Å². The highest BCUT2D eigenvalue weighted by atomic mass is 16.1. The van der Waals surface area contributed by atoms with Crippen LogP contribution in [0.25, 0.3) is 5.65 Å². The highest BCUT2D eigenvalue weighted by molar-refractivity contribution is 5.76. The van der Waals surface area contributed by atoms with Crippen LogP contribution in [0.15, 0.2) is 24.4 Å². The zero-order valence-electron chi connectivity index (χ0n) is 12.6. The first-order valence-corrected chi connectivity index (χ1v) is 7.92. The van der Waals surface area contributed by atoms with Crippen LogP contribution in [0.2, 0.25) is 0 Å². The summed E-state index contributed by atoms with van der Waals surface area (Å²) in [5.74, 6) is 0.748. The highest BCUT2D eigenvalue weighted by Gasteiger charge is 2.17. The standard InChI is InChI=1S/C17H23N3O/c1-13-6-5-9-16-19-15(12-20(13)16)11-18-17(21)10-14-7-3-2-4-8-14/h5-6,9,12,14H,2-4,7-8,10-11H2,1H3,(H,18,21). The molecule has 3 rings (SSSR count). The van der Waals surface area contributed by atoms with Crippen LogP contribution in [0.5, 0.6) is 0 Å². The molecular formula is C17H23N3O. The summed E-state index contributed by atoms with van der Waals surface area (Å²) in [5.41, 5.74) is 3.01. The van der Waals surface area contributed by atoms with Crippen LogP contribution in [0.1, 0.15) is 49.9 Å². The van der Waals surface area contributed by atoms with E-state index in [1.54, 1.807) is 0 Å². The minimum atomic E-state index is 0.163. The van der Waals surface area contributed by atoms with Gasteiger partial charge in [0.2, 0.25) is 5.91 Å². The van der Waals surface area contributed by atoms with E-state index in [2.05, 4.69) is 27.7 Å². The summed E-state index contributed by atoms with van der Waals surface area (Å²) in [6, 6.07) is 6.05. The fourth-order valence-electron chi connectivity index (χ4n) is 3.20. The van der Waals surface area contributed by atoms with Gasteiger partial charge in [-0.2, -0.15) is 0 Å². The molecule has 0 aliphatic heterocycles. The van der Waals surface area contributed by atoms with Crippen molar-refractivity contribution in [3.8, 4) is 0 Å². The topological polar surface area (TPSA) is 46.4 Å². The lowest BCUT2D eigenvalue weighted by atomic mass is 9.87. The molecular weight excluding hydrogens is 262 g/mol. The lowest BCUT2D eigenvalue weighted by molar-refractivity contribution is -0.122. The fourth-order valence-corrected chi connectivity index (χ4v) is 3.20. The molecule has 2 aromatic rings. The minimum absolute atomic E-state index is 0.163. The van der Waals surface area contributed by atoms with Gasteiger partial charge in [0.1, 0.15) is 5.65 Å². The van der Waals surface area contributed by atoms with E-state index in [0.717, 1.165) is 17.0 Å². The minimum Gasteiger partial charge on any atom is -0.350 e. The molecule has 112 valence electrons. The Bertz CT molecular complexity index is 626. The molecule has 0 spiro atoms. The number of hydrogen-bond donors (Lipinski definition) is 1. The summed E-state index contributed by atoms with van der Waals surface area (Å²) in [7, 11) is 0. The largest absolute Gasteiger partial charge is 0.350 e. The van der Waals surface area contributed by atoms with Crippen molar-refractivity contribution in [2.75, 3.05) is 0 Å². The Balaban J connectivity index is 1.55. The predicted octanol–water partition coefficient (Wildman–Crippen LogP) is 3.23. The molecule has 21 heavy (non-hydrogen) atoms. The molecule has 0 unspecified atom stereocenters.